The molecule has 0 radical (unpaired) electrons. The molecular formula is C12H18BrFN2O3S. The van der Waals surface area contributed by atoms with E-state index in [1.165, 1.54) is 12.1 Å². The van der Waals surface area contributed by atoms with Gasteiger partial charge in [-0.25, -0.2) is 17.5 Å². The van der Waals surface area contributed by atoms with Gasteiger partial charge in [-0.1, -0.05) is 15.9 Å². The van der Waals surface area contributed by atoms with Crippen LogP contribution in [0.4, 0.5) is 4.39 Å². The number of methoxy groups -OCH3 is 1. The van der Waals surface area contributed by atoms with E-state index in [2.05, 4.69) is 20.7 Å². The van der Waals surface area contributed by atoms with E-state index < -0.39 is 15.8 Å². The summed E-state index contributed by atoms with van der Waals surface area (Å²) in [4.78, 5) is -0.390. The fourth-order valence-electron chi connectivity index (χ4n) is 1.62. The number of unbranched alkanes of at least 4 members (excludes halogenated alkanes) is 1. The largest absolute Gasteiger partial charge is 0.385 e. The predicted octanol–water partition coefficient (Wildman–Crippen LogP) is 1.75. The lowest BCUT2D eigenvalue weighted by Crippen LogP contribution is -2.26. The number of nitrogens with two attached hydrogens (primary N) is 1. The van der Waals surface area contributed by atoms with Gasteiger partial charge < -0.3 is 10.5 Å². The summed E-state index contributed by atoms with van der Waals surface area (Å²) in [5.41, 5.74) is 5.55. The lowest BCUT2D eigenvalue weighted by molar-refractivity contribution is 0.193. The maximum atomic E-state index is 14.0. The van der Waals surface area contributed by atoms with Crippen LogP contribution in [-0.2, 0) is 21.3 Å². The topological polar surface area (TPSA) is 81.4 Å². The quantitative estimate of drug-likeness (QED) is 0.684. The van der Waals surface area contributed by atoms with Crippen molar-refractivity contribution in [3.8, 4) is 0 Å². The zero-order chi connectivity index (χ0) is 15.2. The molecule has 8 heteroatoms. The highest BCUT2D eigenvalue weighted by molar-refractivity contribution is 9.10. The van der Waals surface area contributed by atoms with Gasteiger partial charge in [0, 0.05) is 36.8 Å². The van der Waals surface area contributed by atoms with Crippen molar-refractivity contribution < 1.29 is 17.5 Å². The molecule has 0 aliphatic rings. The molecule has 0 bridgehead atoms. The Morgan fingerprint density at radius 3 is 2.70 bits per heavy atom. The Labute approximate surface area is 126 Å². The monoisotopic (exact) mass is 368 g/mol. The van der Waals surface area contributed by atoms with E-state index in [1.54, 1.807) is 7.11 Å². The van der Waals surface area contributed by atoms with Crippen molar-refractivity contribution in [2.45, 2.75) is 24.3 Å². The van der Waals surface area contributed by atoms with Gasteiger partial charge >= 0.3 is 0 Å². The van der Waals surface area contributed by atoms with Crippen LogP contribution in [0.2, 0.25) is 0 Å². The molecule has 0 aromatic heterocycles. The lowest BCUT2D eigenvalue weighted by Gasteiger charge is -2.10. The smallest absolute Gasteiger partial charge is 0.243 e. The third-order valence-corrected chi connectivity index (χ3v) is 4.57. The van der Waals surface area contributed by atoms with E-state index in [9.17, 15) is 12.8 Å². The fourth-order valence-corrected chi connectivity index (χ4v) is 3.49. The molecular weight excluding hydrogens is 351 g/mol. The third-order valence-electron chi connectivity index (χ3n) is 2.66. The lowest BCUT2D eigenvalue weighted by atomic mass is 10.2. The summed E-state index contributed by atoms with van der Waals surface area (Å²) < 4.78 is 45.9. The van der Waals surface area contributed by atoms with Gasteiger partial charge in [0.05, 0.1) is 0 Å². The first-order valence-corrected chi connectivity index (χ1v) is 8.36. The number of ether oxygens (including phenoxy) is 1. The number of nitrogens with one attached hydrogen (secondary N) is 1. The standard InChI is InChI=1S/C12H18BrFN2O3S/c1-19-5-3-2-4-16-20(17,18)11-7-10(13)6-9(8-15)12(11)14/h6-7,16H,2-5,8,15H2,1H3. The average molecular weight is 369 g/mol. The normalized spacial score (nSPS) is 11.8. The minimum absolute atomic E-state index is 0.0678. The second kappa shape index (κ2) is 8.04. The van der Waals surface area contributed by atoms with Crippen molar-refractivity contribution >= 4 is 26.0 Å². The number of hydrogen-bond donors (Lipinski definition) is 2. The van der Waals surface area contributed by atoms with Crippen LogP contribution >= 0.6 is 15.9 Å². The van der Waals surface area contributed by atoms with E-state index in [4.69, 9.17) is 10.5 Å². The second-order valence-corrected chi connectivity index (χ2v) is 6.83. The number of hydrogen-bond acceptors (Lipinski definition) is 4. The van der Waals surface area contributed by atoms with Gasteiger partial charge in [-0.15, -0.1) is 0 Å². The van der Waals surface area contributed by atoms with Gasteiger partial charge in [-0.05, 0) is 25.0 Å². The second-order valence-electron chi connectivity index (χ2n) is 4.18. The van der Waals surface area contributed by atoms with Gasteiger partial charge in [-0.3, -0.25) is 0 Å². The summed E-state index contributed by atoms with van der Waals surface area (Å²) in [5.74, 6) is -0.805. The van der Waals surface area contributed by atoms with E-state index >= 15 is 0 Å². The van der Waals surface area contributed by atoms with Crippen molar-refractivity contribution in [2.24, 2.45) is 5.73 Å². The first kappa shape index (κ1) is 17.5. The van der Waals surface area contributed by atoms with Crippen molar-refractivity contribution in [3.63, 3.8) is 0 Å². The van der Waals surface area contributed by atoms with Crippen LogP contribution < -0.4 is 10.5 Å². The van der Waals surface area contributed by atoms with Crippen molar-refractivity contribution in [2.75, 3.05) is 20.3 Å². The molecule has 0 fully saturated rings. The van der Waals surface area contributed by atoms with Crippen LogP contribution in [0, 0.1) is 5.82 Å². The van der Waals surface area contributed by atoms with Gasteiger partial charge in [0.25, 0.3) is 0 Å². The number of halogens is 2. The highest BCUT2D eigenvalue weighted by Crippen LogP contribution is 2.23. The zero-order valence-electron chi connectivity index (χ0n) is 11.2. The summed E-state index contributed by atoms with van der Waals surface area (Å²) in [6.45, 7) is 0.724. The first-order chi connectivity index (χ1) is 9.42. The van der Waals surface area contributed by atoms with Crippen molar-refractivity contribution in [1.82, 2.24) is 4.72 Å². The molecule has 1 aromatic rings. The maximum Gasteiger partial charge on any atom is 0.243 e. The summed E-state index contributed by atoms with van der Waals surface area (Å²) in [7, 11) is -2.31. The minimum atomic E-state index is -3.88. The number of rotatable bonds is 8. The Morgan fingerprint density at radius 2 is 2.10 bits per heavy atom. The molecule has 0 saturated heterocycles. The highest BCUT2D eigenvalue weighted by atomic mass is 79.9. The van der Waals surface area contributed by atoms with Crippen molar-refractivity contribution in [1.29, 1.82) is 0 Å². The van der Waals surface area contributed by atoms with Crippen LogP contribution in [0.15, 0.2) is 21.5 Å². The van der Waals surface area contributed by atoms with Gasteiger partial charge in [0.2, 0.25) is 10.0 Å². The SMILES string of the molecule is COCCCCNS(=O)(=O)c1cc(Br)cc(CN)c1F. The molecule has 20 heavy (non-hydrogen) atoms. The van der Waals surface area contributed by atoms with E-state index in [1.807, 2.05) is 0 Å². The molecule has 0 saturated carbocycles. The summed E-state index contributed by atoms with van der Waals surface area (Å²) in [5, 5.41) is 0. The third kappa shape index (κ3) is 4.78. The molecule has 0 atom stereocenters. The minimum Gasteiger partial charge on any atom is -0.385 e. The highest BCUT2D eigenvalue weighted by Gasteiger charge is 2.21. The molecule has 5 nitrogen and oxygen atoms in total. The first-order valence-electron chi connectivity index (χ1n) is 6.09. The molecule has 1 aromatic carbocycles. The molecule has 114 valence electrons. The molecule has 0 spiro atoms. The van der Waals surface area contributed by atoms with E-state index in [0.29, 0.717) is 17.5 Å². The Hall–Kier alpha value is -0.540. The molecule has 0 aliphatic carbocycles. The summed E-state index contributed by atoms with van der Waals surface area (Å²) in [6, 6.07) is 2.69. The molecule has 3 N–H and O–H groups in total. The molecule has 1 rings (SSSR count). The van der Waals surface area contributed by atoms with Crippen LogP contribution in [0.25, 0.3) is 0 Å². The average Bonchev–Trinajstić information content (AvgIpc) is 2.40. The van der Waals surface area contributed by atoms with Crippen molar-refractivity contribution in [3.05, 3.63) is 28.0 Å². The van der Waals surface area contributed by atoms with Gasteiger partial charge in [-0.2, -0.15) is 0 Å². The summed E-state index contributed by atoms with van der Waals surface area (Å²) >= 11 is 3.15. The molecule has 0 heterocycles. The van der Waals surface area contributed by atoms with E-state index in [-0.39, 0.29) is 23.5 Å². The van der Waals surface area contributed by atoms with E-state index in [0.717, 1.165) is 6.42 Å². The predicted molar refractivity (Wildman–Crippen MR) is 78.3 cm³/mol. The Morgan fingerprint density at radius 1 is 1.40 bits per heavy atom. The molecule has 0 aliphatic heterocycles. The summed E-state index contributed by atoms with van der Waals surface area (Å²) in [6.07, 6.45) is 1.35. The van der Waals surface area contributed by atoms with Crippen LogP contribution in [0.3, 0.4) is 0 Å². The Kier molecular flexibility index (Phi) is 7.04. The molecule has 0 unspecified atom stereocenters. The maximum absolute atomic E-state index is 14.0. The van der Waals surface area contributed by atoms with Crippen LogP contribution in [0.5, 0.6) is 0 Å². The van der Waals surface area contributed by atoms with Crippen LogP contribution in [0.1, 0.15) is 18.4 Å². The van der Waals surface area contributed by atoms with Gasteiger partial charge in [0.1, 0.15) is 10.7 Å². The number of sulfonamides is 1. The zero-order valence-corrected chi connectivity index (χ0v) is 13.6. The Balaban J connectivity index is 2.84. The number of benzene rings is 1. The van der Waals surface area contributed by atoms with Crippen LogP contribution in [-0.4, -0.2) is 28.7 Å². The molecule has 0 amide bonds. The van der Waals surface area contributed by atoms with Gasteiger partial charge in [0.15, 0.2) is 0 Å². The fraction of sp³-hybridized carbons (Fsp3) is 0.500. The Bertz CT molecular complexity index is 552.